The van der Waals surface area contributed by atoms with Crippen LogP contribution >= 0.6 is 11.8 Å². The van der Waals surface area contributed by atoms with Crippen LogP contribution in [-0.2, 0) is 6.54 Å². The van der Waals surface area contributed by atoms with E-state index in [1.165, 1.54) is 44.1 Å². The van der Waals surface area contributed by atoms with Gasteiger partial charge in [0.15, 0.2) is 5.17 Å². The minimum absolute atomic E-state index is 0.563. The molecule has 3 rings (SSSR count). The predicted molar refractivity (Wildman–Crippen MR) is 100 cm³/mol. The lowest BCUT2D eigenvalue weighted by molar-refractivity contribution is 0.304. The summed E-state index contributed by atoms with van der Waals surface area (Å²) < 4.78 is 0. The molecule has 126 valence electrons. The fourth-order valence-corrected chi connectivity index (χ4v) is 4.24. The summed E-state index contributed by atoms with van der Waals surface area (Å²) in [6, 6.07) is 9.05. The number of nitrogens with one attached hydrogen (secondary N) is 1. The molecule has 0 amide bonds. The lowest BCUT2D eigenvalue weighted by Crippen LogP contribution is -2.29. The van der Waals surface area contributed by atoms with E-state index in [4.69, 9.17) is 5.73 Å². The van der Waals surface area contributed by atoms with Gasteiger partial charge >= 0.3 is 0 Å². The fourth-order valence-electron chi connectivity index (χ4n) is 3.63. The molecular weight excluding hydrogens is 304 g/mol. The third-order valence-electron chi connectivity index (χ3n) is 4.88. The molecule has 23 heavy (non-hydrogen) atoms. The summed E-state index contributed by atoms with van der Waals surface area (Å²) in [5, 5.41) is 10.8. The van der Waals surface area contributed by atoms with Crippen molar-refractivity contribution >= 4 is 22.6 Å². The Kier molecular flexibility index (Phi) is 5.84. The lowest BCUT2D eigenvalue weighted by Gasteiger charge is -2.25. The van der Waals surface area contributed by atoms with Crippen molar-refractivity contribution in [1.29, 1.82) is 0 Å². The average Bonchev–Trinajstić information content (AvgIpc) is 3.00. The Labute approximate surface area is 143 Å². The molecule has 1 atom stereocenters. The smallest absolute Gasteiger partial charge is 0.180 e. The zero-order chi connectivity index (χ0) is 16.1. The summed E-state index contributed by atoms with van der Waals surface area (Å²) in [7, 11) is 0. The van der Waals surface area contributed by atoms with E-state index in [0.29, 0.717) is 11.2 Å². The Morgan fingerprint density at radius 3 is 2.83 bits per heavy atom. The normalized spacial score (nSPS) is 20.6. The first kappa shape index (κ1) is 16.7. The minimum Gasteiger partial charge on any atom is -0.377 e. The standard InChI is InChI=1S/C18H28N4S/c1-14(11-15-7-3-2-4-8-15)20-12-16-9-5-6-10-17(16)22-13-23-18(19)21-22/h5-6,9-10,14-15,20H,2-4,7-8,11-13H2,1H3,(H2,19,21)/t14-/m0/s1. The Balaban J connectivity index is 1.55. The molecule has 5 heteroatoms. The monoisotopic (exact) mass is 332 g/mol. The van der Waals surface area contributed by atoms with Crippen LogP contribution in [0.4, 0.5) is 5.69 Å². The molecule has 0 spiro atoms. The van der Waals surface area contributed by atoms with Crippen molar-refractivity contribution in [1.82, 2.24) is 5.32 Å². The Bertz CT molecular complexity index is 540. The van der Waals surface area contributed by atoms with Gasteiger partial charge in [0.25, 0.3) is 0 Å². The maximum absolute atomic E-state index is 5.79. The first-order chi connectivity index (χ1) is 11.2. The van der Waals surface area contributed by atoms with Crippen LogP contribution in [0.3, 0.4) is 0 Å². The van der Waals surface area contributed by atoms with Crippen LogP contribution in [0.25, 0.3) is 0 Å². The Hall–Kier alpha value is -1.20. The van der Waals surface area contributed by atoms with Gasteiger partial charge in [-0.2, -0.15) is 0 Å². The molecule has 0 saturated heterocycles. The van der Waals surface area contributed by atoms with Gasteiger partial charge in [-0.1, -0.05) is 62.1 Å². The molecule has 1 fully saturated rings. The van der Waals surface area contributed by atoms with Gasteiger partial charge in [0.05, 0.1) is 11.6 Å². The number of nitrogens with two attached hydrogens (primary N) is 1. The number of rotatable bonds is 6. The summed E-state index contributed by atoms with van der Waals surface area (Å²) in [5.74, 6) is 1.72. The zero-order valence-electron chi connectivity index (χ0n) is 14.0. The van der Waals surface area contributed by atoms with Crippen LogP contribution in [0.1, 0.15) is 51.0 Å². The SMILES string of the molecule is C[C@@H](CC1CCCCC1)NCc1ccccc1N1CSC(N)=N1. The summed E-state index contributed by atoms with van der Waals surface area (Å²) in [6.45, 7) is 3.21. The highest BCUT2D eigenvalue weighted by Crippen LogP contribution is 2.28. The van der Waals surface area contributed by atoms with E-state index < -0.39 is 0 Å². The second-order valence-electron chi connectivity index (χ2n) is 6.76. The number of para-hydroxylation sites is 1. The maximum Gasteiger partial charge on any atom is 0.180 e. The molecule has 1 aliphatic heterocycles. The minimum atomic E-state index is 0.563. The van der Waals surface area contributed by atoms with Crippen molar-refractivity contribution in [2.24, 2.45) is 16.8 Å². The number of benzene rings is 1. The van der Waals surface area contributed by atoms with Crippen molar-refractivity contribution in [2.45, 2.75) is 58.0 Å². The molecule has 1 heterocycles. The maximum atomic E-state index is 5.79. The van der Waals surface area contributed by atoms with Gasteiger partial charge in [0.2, 0.25) is 0 Å². The van der Waals surface area contributed by atoms with E-state index in [1.54, 1.807) is 11.8 Å². The van der Waals surface area contributed by atoms with Crippen LogP contribution in [0.5, 0.6) is 0 Å². The molecule has 4 nitrogen and oxygen atoms in total. The number of nitrogens with zero attached hydrogens (tertiary/aromatic N) is 2. The Morgan fingerprint density at radius 2 is 2.09 bits per heavy atom. The molecule has 0 aromatic heterocycles. The summed E-state index contributed by atoms with van der Waals surface area (Å²) in [4.78, 5) is 0. The third-order valence-corrected chi connectivity index (χ3v) is 5.63. The highest BCUT2D eigenvalue weighted by atomic mass is 32.2. The fraction of sp³-hybridized carbons (Fsp3) is 0.611. The van der Waals surface area contributed by atoms with Crippen molar-refractivity contribution in [3.05, 3.63) is 29.8 Å². The number of hydrazone groups is 1. The van der Waals surface area contributed by atoms with Gasteiger partial charge in [-0.15, -0.1) is 5.10 Å². The second-order valence-corrected chi connectivity index (χ2v) is 7.73. The Morgan fingerprint density at radius 1 is 1.30 bits per heavy atom. The molecule has 0 radical (unpaired) electrons. The van der Waals surface area contributed by atoms with Crippen LogP contribution in [-0.4, -0.2) is 17.1 Å². The van der Waals surface area contributed by atoms with E-state index >= 15 is 0 Å². The molecule has 1 saturated carbocycles. The lowest BCUT2D eigenvalue weighted by atomic mass is 9.85. The first-order valence-electron chi connectivity index (χ1n) is 8.78. The molecular formula is C18H28N4S. The number of hydrogen-bond donors (Lipinski definition) is 2. The number of thioether (sulfide) groups is 1. The average molecular weight is 333 g/mol. The van der Waals surface area contributed by atoms with Crippen molar-refractivity contribution in [3.8, 4) is 0 Å². The van der Waals surface area contributed by atoms with E-state index in [-0.39, 0.29) is 0 Å². The van der Waals surface area contributed by atoms with Gasteiger partial charge in [-0.25, -0.2) is 0 Å². The van der Waals surface area contributed by atoms with Crippen LogP contribution in [0, 0.1) is 5.92 Å². The van der Waals surface area contributed by atoms with Gasteiger partial charge in [0, 0.05) is 12.6 Å². The molecule has 0 bridgehead atoms. The highest BCUT2D eigenvalue weighted by molar-refractivity contribution is 8.14. The second kappa shape index (κ2) is 8.06. The van der Waals surface area contributed by atoms with Crippen molar-refractivity contribution < 1.29 is 0 Å². The number of anilines is 1. The van der Waals surface area contributed by atoms with Crippen LogP contribution in [0.2, 0.25) is 0 Å². The van der Waals surface area contributed by atoms with Crippen LogP contribution in [0.15, 0.2) is 29.4 Å². The quantitative estimate of drug-likeness (QED) is 0.830. The topological polar surface area (TPSA) is 53.6 Å². The van der Waals surface area contributed by atoms with Gasteiger partial charge in [0.1, 0.15) is 0 Å². The number of hydrogen-bond acceptors (Lipinski definition) is 5. The molecule has 3 N–H and O–H groups in total. The molecule has 2 aliphatic rings. The van der Waals surface area contributed by atoms with Gasteiger partial charge in [-0.3, -0.25) is 5.01 Å². The summed E-state index contributed by atoms with van der Waals surface area (Å²) in [5.41, 5.74) is 8.25. The largest absolute Gasteiger partial charge is 0.377 e. The highest BCUT2D eigenvalue weighted by Gasteiger charge is 2.19. The van der Waals surface area contributed by atoms with Gasteiger partial charge < -0.3 is 11.1 Å². The van der Waals surface area contributed by atoms with Crippen molar-refractivity contribution in [2.75, 3.05) is 10.9 Å². The van der Waals surface area contributed by atoms with E-state index in [9.17, 15) is 0 Å². The van der Waals surface area contributed by atoms with E-state index in [1.807, 2.05) is 5.01 Å². The molecule has 1 aromatic rings. The first-order valence-corrected chi connectivity index (χ1v) is 9.76. The summed E-state index contributed by atoms with van der Waals surface area (Å²) >= 11 is 1.59. The number of amidine groups is 1. The van der Waals surface area contributed by atoms with Gasteiger partial charge in [-0.05, 0) is 30.9 Å². The van der Waals surface area contributed by atoms with Crippen LogP contribution < -0.4 is 16.1 Å². The molecule has 1 aromatic carbocycles. The molecule has 0 unspecified atom stereocenters. The predicted octanol–water partition coefficient (Wildman–Crippen LogP) is 3.88. The van der Waals surface area contributed by atoms with E-state index in [2.05, 4.69) is 41.6 Å². The molecule has 1 aliphatic carbocycles. The van der Waals surface area contributed by atoms with E-state index in [0.717, 1.165) is 24.0 Å². The summed E-state index contributed by atoms with van der Waals surface area (Å²) in [6.07, 6.45) is 8.41. The zero-order valence-corrected chi connectivity index (χ0v) is 14.8. The third kappa shape index (κ3) is 4.64. The van der Waals surface area contributed by atoms with Crippen molar-refractivity contribution in [3.63, 3.8) is 0 Å².